The van der Waals surface area contributed by atoms with Crippen LogP contribution in [0.2, 0.25) is 0 Å². The first-order valence-electron chi connectivity index (χ1n) is 7.44. The van der Waals surface area contributed by atoms with E-state index in [-0.39, 0.29) is 0 Å². The number of hydrogen-bond donors (Lipinski definition) is 1. The average molecular weight is 287 g/mol. The molecule has 0 bridgehead atoms. The van der Waals surface area contributed by atoms with Crippen molar-refractivity contribution >= 4 is 0 Å². The smallest absolute Gasteiger partial charge is 0.130 e. The number of hydrogen-bond acceptors (Lipinski definition) is 3. The van der Waals surface area contributed by atoms with Gasteiger partial charge in [0.05, 0.1) is 18.2 Å². The summed E-state index contributed by atoms with van der Waals surface area (Å²) in [6.07, 6.45) is 3.63. The molecule has 0 amide bonds. The van der Waals surface area contributed by atoms with E-state index in [1.807, 2.05) is 17.8 Å². The van der Waals surface area contributed by atoms with E-state index in [2.05, 4.69) is 49.3 Å². The van der Waals surface area contributed by atoms with Gasteiger partial charge in [-0.3, -0.25) is 0 Å². The SMILES string of the molecule is Cc1ccc(OCc2cncn2C)c(CNCC(C)C)c1. The number of aryl methyl sites for hydroxylation is 2. The van der Waals surface area contributed by atoms with Gasteiger partial charge < -0.3 is 14.6 Å². The Morgan fingerprint density at radius 2 is 2.14 bits per heavy atom. The summed E-state index contributed by atoms with van der Waals surface area (Å²) in [6.45, 7) is 8.91. The number of nitrogens with zero attached hydrogens (tertiary/aromatic N) is 2. The highest BCUT2D eigenvalue weighted by Crippen LogP contribution is 2.21. The van der Waals surface area contributed by atoms with Gasteiger partial charge in [0.25, 0.3) is 0 Å². The Balaban J connectivity index is 2.02. The summed E-state index contributed by atoms with van der Waals surface area (Å²) in [7, 11) is 1.98. The topological polar surface area (TPSA) is 39.1 Å². The zero-order valence-electron chi connectivity index (χ0n) is 13.4. The molecular formula is C17H25N3O. The third-order valence-corrected chi connectivity index (χ3v) is 3.38. The predicted molar refractivity (Wildman–Crippen MR) is 85.3 cm³/mol. The summed E-state index contributed by atoms with van der Waals surface area (Å²) < 4.78 is 7.95. The molecule has 1 heterocycles. The zero-order chi connectivity index (χ0) is 15.2. The fourth-order valence-electron chi connectivity index (χ4n) is 2.16. The minimum Gasteiger partial charge on any atom is -0.487 e. The minimum atomic E-state index is 0.538. The van der Waals surface area contributed by atoms with Crippen LogP contribution in [0.5, 0.6) is 5.75 Å². The third-order valence-electron chi connectivity index (χ3n) is 3.38. The van der Waals surface area contributed by atoms with Crippen molar-refractivity contribution in [3.05, 3.63) is 47.5 Å². The first kappa shape index (κ1) is 15.6. The van der Waals surface area contributed by atoms with Gasteiger partial charge in [0, 0.05) is 19.2 Å². The molecule has 0 radical (unpaired) electrons. The molecule has 2 rings (SSSR count). The van der Waals surface area contributed by atoms with E-state index in [0.717, 1.165) is 24.5 Å². The lowest BCUT2D eigenvalue weighted by Gasteiger charge is -2.14. The Hall–Kier alpha value is -1.81. The maximum absolute atomic E-state index is 5.97. The van der Waals surface area contributed by atoms with Crippen molar-refractivity contribution in [2.24, 2.45) is 13.0 Å². The molecule has 1 N–H and O–H groups in total. The molecule has 0 aliphatic heterocycles. The number of rotatable bonds is 7. The maximum Gasteiger partial charge on any atom is 0.130 e. The van der Waals surface area contributed by atoms with Crippen molar-refractivity contribution < 1.29 is 4.74 Å². The highest BCUT2D eigenvalue weighted by molar-refractivity contribution is 5.37. The first-order chi connectivity index (χ1) is 10.1. The molecule has 114 valence electrons. The molecule has 4 heteroatoms. The van der Waals surface area contributed by atoms with Crippen molar-refractivity contribution in [2.45, 2.75) is 33.9 Å². The lowest BCUT2D eigenvalue weighted by molar-refractivity contribution is 0.293. The summed E-state index contributed by atoms with van der Waals surface area (Å²) >= 11 is 0. The summed E-state index contributed by atoms with van der Waals surface area (Å²) in [4.78, 5) is 4.11. The molecule has 4 nitrogen and oxygen atoms in total. The van der Waals surface area contributed by atoms with Crippen LogP contribution in [0.3, 0.4) is 0 Å². The van der Waals surface area contributed by atoms with Crippen LogP contribution in [0.4, 0.5) is 0 Å². The van der Waals surface area contributed by atoms with Gasteiger partial charge in [-0.05, 0) is 25.5 Å². The maximum atomic E-state index is 5.97. The fraction of sp³-hybridized carbons (Fsp3) is 0.471. The molecule has 0 aliphatic rings. The molecule has 2 aromatic rings. The van der Waals surface area contributed by atoms with Gasteiger partial charge in [-0.2, -0.15) is 0 Å². The highest BCUT2D eigenvalue weighted by atomic mass is 16.5. The van der Waals surface area contributed by atoms with E-state index in [4.69, 9.17) is 4.74 Å². The van der Waals surface area contributed by atoms with Crippen LogP contribution >= 0.6 is 0 Å². The summed E-state index contributed by atoms with van der Waals surface area (Å²) in [6, 6.07) is 6.33. The van der Waals surface area contributed by atoms with Crippen LogP contribution in [0.15, 0.2) is 30.7 Å². The third kappa shape index (κ3) is 4.60. The number of ether oxygens (including phenoxy) is 1. The Bertz CT molecular complexity index is 575. The Morgan fingerprint density at radius 3 is 2.81 bits per heavy atom. The molecular weight excluding hydrogens is 262 g/mol. The van der Waals surface area contributed by atoms with Crippen LogP contribution in [0.1, 0.15) is 30.7 Å². The molecule has 1 aromatic carbocycles. The van der Waals surface area contributed by atoms with Crippen LogP contribution in [-0.2, 0) is 20.2 Å². The minimum absolute atomic E-state index is 0.538. The van der Waals surface area contributed by atoms with Crippen molar-refractivity contribution in [2.75, 3.05) is 6.54 Å². The van der Waals surface area contributed by atoms with Crippen LogP contribution in [0.25, 0.3) is 0 Å². The van der Waals surface area contributed by atoms with Crippen molar-refractivity contribution in [3.8, 4) is 5.75 Å². The van der Waals surface area contributed by atoms with Gasteiger partial charge in [0.15, 0.2) is 0 Å². The predicted octanol–water partition coefficient (Wildman–Crippen LogP) is 3.05. The van der Waals surface area contributed by atoms with Crippen LogP contribution < -0.4 is 10.1 Å². The second-order valence-electron chi connectivity index (χ2n) is 5.92. The lowest BCUT2D eigenvalue weighted by atomic mass is 10.1. The highest BCUT2D eigenvalue weighted by Gasteiger charge is 2.06. The van der Waals surface area contributed by atoms with Gasteiger partial charge >= 0.3 is 0 Å². The second-order valence-corrected chi connectivity index (χ2v) is 5.92. The van der Waals surface area contributed by atoms with E-state index in [1.165, 1.54) is 11.1 Å². The number of aromatic nitrogens is 2. The van der Waals surface area contributed by atoms with Crippen molar-refractivity contribution in [1.82, 2.24) is 14.9 Å². The van der Waals surface area contributed by atoms with E-state index >= 15 is 0 Å². The summed E-state index contributed by atoms with van der Waals surface area (Å²) in [5.41, 5.74) is 3.53. The molecule has 0 atom stereocenters. The molecule has 0 fully saturated rings. The van der Waals surface area contributed by atoms with E-state index in [9.17, 15) is 0 Å². The number of nitrogens with one attached hydrogen (secondary N) is 1. The summed E-state index contributed by atoms with van der Waals surface area (Å²) in [5, 5.41) is 3.48. The molecule has 0 saturated heterocycles. The molecule has 0 saturated carbocycles. The molecule has 1 aromatic heterocycles. The first-order valence-corrected chi connectivity index (χ1v) is 7.44. The van der Waals surface area contributed by atoms with Gasteiger partial charge in [-0.1, -0.05) is 31.5 Å². The van der Waals surface area contributed by atoms with Gasteiger partial charge in [0.2, 0.25) is 0 Å². The average Bonchev–Trinajstić information content (AvgIpc) is 2.83. The van der Waals surface area contributed by atoms with Crippen molar-refractivity contribution in [1.29, 1.82) is 0 Å². The van der Waals surface area contributed by atoms with Crippen LogP contribution in [-0.4, -0.2) is 16.1 Å². The standard InChI is InChI=1S/C17H25N3O/c1-13(2)8-18-9-15-7-14(3)5-6-17(15)21-11-16-10-19-12-20(16)4/h5-7,10,12-13,18H,8-9,11H2,1-4H3. The molecule has 0 aliphatic carbocycles. The molecule has 0 spiro atoms. The van der Waals surface area contributed by atoms with Gasteiger partial charge in [0.1, 0.15) is 12.4 Å². The van der Waals surface area contributed by atoms with Crippen molar-refractivity contribution in [3.63, 3.8) is 0 Å². The Labute approximate surface area is 127 Å². The van der Waals surface area contributed by atoms with E-state index in [1.54, 1.807) is 6.33 Å². The largest absolute Gasteiger partial charge is 0.487 e. The molecule has 21 heavy (non-hydrogen) atoms. The van der Waals surface area contributed by atoms with E-state index < -0.39 is 0 Å². The fourth-order valence-corrected chi connectivity index (χ4v) is 2.16. The van der Waals surface area contributed by atoms with Crippen LogP contribution in [0, 0.1) is 12.8 Å². The number of benzene rings is 1. The Kier molecular flexibility index (Phi) is 5.39. The van der Waals surface area contributed by atoms with Gasteiger partial charge in [-0.15, -0.1) is 0 Å². The quantitative estimate of drug-likeness (QED) is 0.850. The zero-order valence-corrected chi connectivity index (χ0v) is 13.4. The van der Waals surface area contributed by atoms with E-state index in [0.29, 0.717) is 12.5 Å². The van der Waals surface area contributed by atoms with Gasteiger partial charge in [-0.25, -0.2) is 4.98 Å². The molecule has 0 unspecified atom stereocenters. The summed E-state index contributed by atoms with van der Waals surface area (Å²) in [5.74, 6) is 1.59. The number of imidazole rings is 1. The normalized spacial score (nSPS) is 11.1. The monoisotopic (exact) mass is 287 g/mol. The second kappa shape index (κ2) is 7.27. The lowest BCUT2D eigenvalue weighted by Crippen LogP contribution is -2.19. The Morgan fingerprint density at radius 1 is 1.33 bits per heavy atom.